The Morgan fingerprint density at radius 2 is 2.00 bits per heavy atom. The van der Waals surface area contributed by atoms with E-state index in [2.05, 4.69) is 46.6 Å². The highest BCUT2D eigenvalue weighted by molar-refractivity contribution is 6.01. The molecule has 3 aliphatic rings. The lowest BCUT2D eigenvalue weighted by Gasteiger charge is -2.32. The van der Waals surface area contributed by atoms with Crippen molar-refractivity contribution in [2.24, 2.45) is 10.9 Å². The highest BCUT2D eigenvalue weighted by Crippen LogP contribution is 2.29. The fraction of sp³-hybridized carbons (Fsp3) is 0.545. The molecule has 1 aromatic carbocycles. The maximum Gasteiger partial charge on any atom is 0.230 e. The van der Waals surface area contributed by atoms with Crippen LogP contribution in [0.25, 0.3) is 5.57 Å². The van der Waals surface area contributed by atoms with Gasteiger partial charge in [0, 0.05) is 19.5 Å². The van der Waals surface area contributed by atoms with Crippen molar-refractivity contribution in [3.8, 4) is 0 Å². The van der Waals surface area contributed by atoms with E-state index in [1.54, 1.807) is 0 Å². The van der Waals surface area contributed by atoms with Gasteiger partial charge in [-0.05, 0) is 43.4 Å². The molecule has 1 fully saturated rings. The molecule has 0 saturated heterocycles. The smallest absolute Gasteiger partial charge is 0.230 e. The highest BCUT2D eigenvalue weighted by Gasteiger charge is 2.34. The molecule has 4 rings (SSSR count). The zero-order valence-electron chi connectivity index (χ0n) is 15.5. The van der Waals surface area contributed by atoms with Crippen molar-refractivity contribution in [3.63, 3.8) is 0 Å². The molecule has 0 radical (unpaired) electrons. The molecule has 1 N–H and O–H groups in total. The molecule has 2 atom stereocenters. The van der Waals surface area contributed by atoms with Crippen molar-refractivity contribution in [1.82, 2.24) is 10.2 Å². The molecule has 1 aromatic rings. The summed E-state index contributed by atoms with van der Waals surface area (Å²) in [6.45, 7) is 3.21. The van der Waals surface area contributed by atoms with Gasteiger partial charge in [-0.3, -0.25) is 14.7 Å². The molecule has 1 amide bonds. The highest BCUT2D eigenvalue weighted by atomic mass is 16.2. The predicted octanol–water partition coefficient (Wildman–Crippen LogP) is 3.64. The number of hydrogen-bond donors (Lipinski definition) is 1. The average molecular weight is 351 g/mol. The maximum atomic E-state index is 12.3. The number of carbonyl (C=O) groups excluding carboxylic acids is 1. The van der Waals surface area contributed by atoms with E-state index in [1.807, 2.05) is 0 Å². The van der Waals surface area contributed by atoms with Crippen LogP contribution >= 0.6 is 0 Å². The molecule has 138 valence electrons. The Kier molecular flexibility index (Phi) is 5.49. The van der Waals surface area contributed by atoms with E-state index < -0.39 is 0 Å². The van der Waals surface area contributed by atoms with Gasteiger partial charge in [0.2, 0.25) is 5.91 Å². The summed E-state index contributed by atoms with van der Waals surface area (Å²) in [5.74, 6) is 1.28. The first kappa shape index (κ1) is 17.5. The number of fused-ring (bicyclic) bond motifs is 1. The molecule has 1 saturated carbocycles. The molecule has 2 aliphatic heterocycles. The van der Waals surface area contributed by atoms with Crippen molar-refractivity contribution < 1.29 is 4.79 Å². The Bertz CT molecular complexity index is 695. The molecule has 2 heterocycles. The minimum Gasteiger partial charge on any atom is -0.314 e. The van der Waals surface area contributed by atoms with Crippen LogP contribution in [-0.2, 0) is 4.79 Å². The number of amidine groups is 1. The maximum absolute atomic E-state index is 12.3. The van der Waals surface area contributed by atoms with Crippen LogP contribution in [0.5, 0.6) is 0 Å². The van der Waals surface area contributed by atoms with Crippen molar-refractivity contribution >= 4 is 17.3 Å². The fourth-order valence-corrected chi connectivity index (χ4v) is 4.46. The SMILES string of the molecule is O=C1NC(CCCN2CC=C(c3ccccc3)CC2)=NC2CCCCC12. The van der Waals surface area contributed by atoms with Gasteiger partial charge >= 0.3 is 0 Å². The quantitative estimate of drug-likeness (QED) is 0.880. The fourth-order valence-electron chi connectivity index (χ4n) is 4.46. The van der Waals surface area contributed by atoms with E-state index in [9.17, 15) is 4.79 Å². The summed E-state index contributed by atoms with van der Waals surface area (Å²) in [6.07, 6.45) is 9.92. The zero-order valence-corrected chi connectivity index (χ0v) is 15.5. The summed E-state index contributed by atoms with van der Waals surface area (Å²) in [5, 5.41) is 3.06. The second-order valence-electron chi connectivity index (χ2n) is 7.77. The van der Waals surface area contributed by atoms with Crippen LogP contribution in [0.2, 0.25) is 0 Å². The van der Waals surface area contributed by atoms with Gasteiger partial charge in [-0.25, -0.2) is 0 Å². The predicted molar refractivity (Wildman–Crippen MR) is 106 cm³/mol. The van der Waals surface area contributed by atoms with Gasteiger partial charge in [0.1, 0.15) is 5.84 Å². The van der Waals surface area contributed by atoms with Gasteiger partial charge in [0.25, 0.3) is 0 Å². The van der Waals surface area contributed by atoms with E-state index >= 15 is 0 Å². The van der Waals surface area contributed by atoms with Gasteiger partial charge in [0.05, 0.1) is 12.0 Å². The zero-order chi connectivity index (χ0) is 17.8. The molecule has 4 nitrogen and oxygen atoms in total. The second-order valence-corrected chi connectivity index (χ2v) is 7.77. The van der Waals surface area contributed by atoms with E-state index in [-0.39, 0.29) is 17.9 Å². The molecule has 2 unspecified atom stereocenters. The Hall–Kier alpha value is -1.94. The number of nitrogens with zero attached hydrogens (tertiary/aromatic N) is 2. The lowest BCUT2D eigenvalue weighted by Crippen LogP contribution is -2.47. The van der Waals surface area contributed by atoms with Crippen LogP contribution in [0, 0.1) is 5.92 Å². The number of nitrogens with one attached hydrogen (secondary N) is 1. The first-order valence-electron chi connectivity index (χ1n) is 10.1. The van der Waals surface area contributed by atoms with Gasteiger partial charge in [-0.1, -0.05) is 49.2 Å². The third kappa shape index (κ3) is 4.07. The van der Waals surface area contributed by atoms with Crippen LogP contribution in [-0.4, -0.2) is 42.3 Å². The van der Waals surface area contributed by atoms with Gasteiger partial charge < -0.3 is 5.32 Å². The number of rotatable bonds is 5. The van der Waals surface area contributed by atoms with Crippen molar-refractivity contribution in [2.45, 2.75) is 51.0 Å². The van der Waals surface area contributed by atoms with Gasteiger partial charge in [-0.2, -0.15) is 0 Å². The molecule has 0 spiro atoms. The van der Waals surface area contributed by atoms with Crippen LogP contribution in [0.1, 0.15) is 50.5 Å². The van der Waals surface area contributed by atoms with E-state index in [1.165, 1.54) is 24.0 Å². The Morgan fingerprint density at radius 1 is 1.15 bits per heavy atom. The Balaban J connectivity index is 1.25. The molecule has 1 aliphatic carbocycles. The normalized spacial score (nSPS) is 26.5. The van der Waals surface area contributed by atoms with Crippen LogP contribution in [0.3, 0.4) is 0 Å². The van der Waals surface area contributed by atoms with E-state index in [0.29, 0.717) is 0 Å². The summed E-state index contributed by atoms with van der Waals surface area (Å²) in [7, 11) is 0. The minimum absolute atomic E-state index is 0.135. The molecule has 26 heavy (non-hydrogen) atoms. The number of benzene rings is 1. The summed E-state index contributed by atoms with van der Waals surface area (Å²) >= 11 is 0. The minimum atomic E-state index is 0.135. The van der Waals surface area contributed by atoms with E-state index in [0.717, 1.165) is 57.6 Å². The number of carbonyl (C=O) groups is 1. The van der Waals surface area contributed by atoms with Crippen molar-refractivity contribution in [3.05, 3.63) is 42.0 Å². The van der Waals surface area contributed by atoms with Crippen LogP contribution in [0.15, 0.2) is 41.4 Å². The largest absolute Gasteiger partial charge is 0.314 e. The lowest BCUT2D eigenvalue weighted by atomic mass is 9.83. The molecular formula is C22H29N3O. The van der Waals surface area contributed by atoms with Gasteiger partial charge in [0.15, 0.2) is 0 Å². The number of amides is 1. The average Bonchev–Trinajstić information content (AvgIpc) is 2.69. The molecule has 4 heteroatoms. The molecular weight excluding hydrogens is 322 g/mol. The Morgan fingerprint density at radius 3 is 2.81 bits per heavy atom. The number of aliphatic imine (C=N–C) groups is 1. The van der Waals surface area contributed by atoms with Crippen LogP contribution < -0.4 is 5.32 Å². The monoisotopic (exact) mass is 351 g/mol. The third-order valence-electron chi connectivity index (χ3n) is 5.98. The third-order valence-corrected chi connectivity index (χ3v) is 5.98. The first-order chi connectivity index (χ1) is 12.8. The summed E-state index contributed by atoms with van der Waals surface area (Å²) < 4.78 is 0. The summed E-state index contributed by atoms with van der Waals surface area (Å²) in [5.41, 5.74) is 2.82. The Labute approximate surface area is 156 Å². The van der Waals surface area contributed by atoms with Crippen LogP contribution in [0.4, 0.5) is 0 Å². The number of hydrogen-bond acceptors (Lipinski definition) is 3. The molecule has 0 aromatic heterocycles. The molecule has 0 bridgehead atoms. The van der Waals surface area contributed by atoms with E-state index in [4.69, 9.17) is 4.99 Å². The van der Waals surface area contributed by atoms with Crippen molar-refractivity contribution in [2.75, 3.05) is 19.6 Å². The topological polar surface area (TPSA) is 44.7 Å². The first-order valence-corrected chi connectivity index (χ1v) is 10.1. The van der Waals surface area contributed by atoms with Gasteiger partial charge in [-0.15, -0.1) is 0 Å². The standard InChI is InChI=1S/C22H29N3O/c26-22-19-9-4-5-10-20(19)23-21(24-22)11-6-14-25-15-12-18(13-16-25)17-7-2-1-3-8-17/h1-3,7-8,12,19-20H,4-6,9-11,13-16H2,(H,23,24,26). The second kappa shape index (κ2) is 8.17. The summed E-state index contributed by atoms with van der Waals surface area (Å²) in [6, 6.07) is 10.9. The summed E-state index contributed by atoms with van der Waals surface area (Å²) in [4.78, 5) is 19.6. The lowest BCUT2D eigenvalue weighted by molar-refractivity contribution is -0.125. The van der Waals surface area contributed by atoms with Crippen molar-refractivity contribution in [1.29, 1.82) is 0 Å².